The number of carbonyl (C=O) groups is 1. The van der Waals surface area contributed by atoms with Crippen LogP contribution in [-0.2, 0) is 0 Å². The number of aryl methyl sites for hydroxylation is 1. The lowest BCUT2D eigenvalue weighted by atomic mass is 10.00. The maximum Gasteiger partial charge on any atom is 0.321 e. The molecule has 0 bridgehead atoms. The quantitative estimate of drug-likeness (QED) is 0.911. The Bertz CT molecular complexity index is 724. The van der Waals surface area contributed by atoms with Gasteiger partial charge in [0.2, 0.25) is 0 Å². The van der Waals surface area contributed by atoms with Crippen molar-refractivity contribution < 1.29 is 9.18 Å². The van der Waals surface area contributed by atoms with Crippen LogP contribution >= 0.6 is 0 Å². The van der Waals surface area contributed by atoms with E-state index in [-0.39, 0.29) is 6.03 Å². The number of nitrogens with zero attached hydrogens (tertiary/aromatic N) is 3. The second-order valence-corrected chi connectivity index (χ2v) is 6.35. The van der Waals surface area contributed by atoms with Crippen molar-refractivity contribution in [2.24, 2.45) is 5.92 Å². The Morgan fingerprint density at radius 2 is 1.92 bits per heavy atom. The van der Waals surface area contributed by atoms with Crippen LogP contribution in [0.3, 0.4) is 0 Å². The highest BCUT2D eigenvalue weighted by Crippen LogP contribution is 2.24. The highest BCUT2D eigenvalue weighted by atomic mass is 19.1. The number of halogens is 1. The molecule has 0 atom stereocenters. The SMILES string of the molecule is Cc1ccc(NC(=O)N2CCC(C)CC2)cc1-c1ncc(F)cn1. The van der Waals surface area contributed by atoms with Gasteiger partial charge >= 0.3 is 6.03 Å². The number of rotatable bonds is 2. The van der Waals surface area contributed by atoms with Crippen molar-refractivity contribution in [1.82, 2.24) is 14.9 Å². The van der Waals surface area contributed by atoms with Gasteiger partial charge in [-0.3, -0.25) is 0 Å². The molecule has 24 heavy (non-hydrogen) atoms. The number of piperidine rings is 1. The fourth-order valence-electron chi connectivity index (χ4n) is 2.81. The van der Waals surface area contributed by atoms with E-state index in [9.17, 15) is 9.18 Å². The Morgan fingerprint density at radius 1 is 1.25 bits per heavy atom. The summed E-state index contributed by atoms with van der Waals surface area (Å²) in [6.07, 6.45) is 4.36. The molecule has 1 aliphatic heterocycles. The van der Waals surface area contributed by atoms with Crippen molar-refractivity contribution in [2.75, 3.05) is 18.4 Å². The van der Waals surface area contributed by atoms with E-state index in [2.05, 4.69) is 22.2 Å². The number of hydrogen-bond donors (Lipinski definition) is 1. The molecule has 3 rings (SSSR count). The summed E-state index contributed by atoms with van der Waals surface area (Å²) in [5.74, 6) is 0.646. The molecule has 2 amide bonds. The molecular formula is C18H21FN4O. The Morgan fingerprint density at radius 3 is 2.58 bits per heavy atom. The molecule has 1 aromatic heterocycles. The Hall–Kier alpha value is -2.50. The molecule has 126 valence electrons. The van der Waals surface area contributed by atoms with Crippen LogP contribution in [0.2, 0.25) is 0 Å². The molecule has 1 saturated heterocycles. The zero-order chi connectivity index (χ0) is 17.1. The number of benzene rings is 1. The average molecular weight is 328 g/mol. The number of urea groups is 1. The topological polar surface area (TPSA) is 58.1 Å². The predicted octanol–water partition coefficient (Wildman–Crippen LogP) is 3.85. The van der Waals surface area contributed by atoms with Crippen LogP contribution in [0.1, 0.15) is 25.3 Å². The molecule has 1 aromatic carbocycles. The number of amides is 2. The van der Waals surface area contributed by atoms with Crippen molar-refractivity contribution >= 4 is 11.7 Å². The molecule has 0 unspecified atom stereocenters. The van der Waals surface area contributed by atoms with Crippen molar-refractivity contribution in [1.29, 1.82) is 0 Å². The van der Waals surface area contributed by atoms with Gasteiger partial charge in [-0.25, -0.2) is 19.2 Å². The van der Waals surface area contributed by atoms with Crippen molar-refractivity contribution in [2.45, 2.75) is 26.7 Å². The van der Waals surface area contributed by atoms with Gasteiger partial charge in [-0.15, -0.1) is 0 Å². The van der Waals surface area contributed by atoms with E-state index in [4.69, 9.17) is 0 Å². The second-order valence-electron chi connectivity index (χ2n) is 6.35. The molecule has 2 heterocycles. The third kappa shape index (κ3) is 3.69. The van der Waals surface area contributed by atoms with Gasteiger partial charge in [0.1, 0.15) is 0 Å². The summed E-state index contributed by atoms with van der Waals surface area (Å²) in [5.41, 5.74) is 2.43. The molecule has 1 fully saturated rings. The van der Waals surface area contributed by atoms with Crippen molar-refractivity contribution in [3.63, 3.8) is 0 Å². The average Bonchev–Trinajstić information content (AvgIpc) is 2.58. The summed E-state index contributed by atoms with van der Waals surface area (Å²) < 4.78 is 13.0. The normalized spacial score (nSPS) is 15.4. The van der Waals surface area contributed by atoms with Crippen LogP contribution in [0, 0.1) is 18.7 Å². The zero-order valence-electron chi connectivity index (χ0n) is 13.9. The Balaban J connectivity index is 1.76. The molecule has 1 N–H and O–H groups in total. The number of anilines is 1. The van der Waals surface area contributed by atoms with Gasteiger partial charge in [-0.1, -0.05) is 13.0 Å². The predicted molar refractivity (Wildman–Crippen MR) is 91.2 cm³/mol. The summed E-state index contributed by atoms with van der Waals surface area (Å²) >= 11 is 0. The fourth-order valence-corrected chi connectivity index (χ4v) is 2.81. The van der Waals surface area contributed by atoms with E-state index in [0.29, 0.717) is 17.4 Å². The first kappa shape index (κ1) is 16.4. The summed E-state index contributed by atoms with van der Waals surface area (Å²) in [7, 11) is 0. The van der Waals surface area contributed by atoms with Gasteiger partial charge < -0.3 is 10.2 Å². The smallest absolute Gasteiger partial charge is 0.321 e. The van der Waals surface area contributed by atoms with E-state index >= 15 is 0 Å². The van der Waals surface area contributed by atoms with Gasteiger partial charge in [0, 0.05) is 24.3 Å². The number of likely N-dealkylation sites (tertiary alicyclic amines) is 1. The summed E-state index contributed by atoms with van der Waals surface area (Å²) in [6, 6.07) is 5.49. The van der Waals surface area contributed by atoms with Gasteiger partial charge in [-0.05, 0) is 43.4 Å². The maximum absolute atomic E-state index is 13.0. The lowest BCUT2D eigenvalue weighted by molar-refractivity contribution is 0.186. The number of hydrogen-bond acceptors (Lipinski definition) is 3. The van der Waals surface area contributed by atoms with Gasteiger partial charge in [0.25, 0.3) is 0 Å². The monoisotopic (exact) mass is 328 g/mol. The third-order valence-corrected chi connectivity index (χ3v) is 4.42. The highest BCUT2D eigenvalue weighted by Gasteiger charge is 2.20. The van der Waals surface area contributed by atoms with E-state index in [1.54, 1.807) is 0 Å². The van der Waals surface area contributed by atoms with E-state index < -0.39 is 5.82 Å². The highest BCUT2D eigenvalue weighted by molar-refractivity contribution is 5.90. The van der Waals surface area contributed by atoms with Crippen LogP contribution in [-0.4, -0.2) is 34.0 Å². The van der Waals surface area contributed by atoms with Crippen LogP contribution in [0.25, 0.3) is 11.4 Å². The molecular weight excluding hydrogens is 307 g/mol. The summed E-state index contributed by atoms with van der Waals surface area (Å²) in [6.45, 7) is 5.71. The first-order chi connectivity index (χ1) is 11.5. The van der Waals surface area contributed by atoms with Gasteiger partial charge in [0.05, 0.1) is 12.4 Å². The number of aromatic nitrogens is 2. The first-order valence-electron chi connectivity index (χ1n) is 8.17. The Kier molecular flexibility index (Phi) is 4.74. The third-order valence-electron chi connectivity index (χ3n) is 4.42. The molecule has 6 heteroatoms. The molecule has 0 radical (unpaired) electrons. The molecule has 0 spiro atoms. The standard InChI is InChI=1S/C18H21FN4O/c1-12-5-7-23(8-6-12)18(24)22-15-4-3-13(2)16(9-15)17-20-10-14(19)11-21-17/h3-4,9-12H,5-8H2,1-2H3,(H,22,24). The largest absolute Gasteiger partial charge is 0.325 e. The lowest BCUT2D eigenvalue weighted by Crippen LogP contribution is -2.40. The minimum absolute atomic E-state index is 0.0864. The molecule has 2 aromatic rings. The summed E-state index contributed by atoms with van der Waals surface area (Å²) in [5, 5.41) is 2.93. The summed E-state index contributed by atoms with van der Waals surface area (Å²) in [4.78, 5) is 22.3. The van der Waals surface area contributed by atoms with Crippen molar-refractivity contribution in [3.8, 4) is 11.4 Å². The van der Waals surface area contributed by atoms with Crippen molar-refractivity contribution in [3.05, 3.63) is 42.0 Å². The van der Waals surface area contributed by atoms with E-state index in [1.807, 2.05) is 30.0 Å². The van der Waals surface area contributed by atoms with Gasteiger partial charge in [0.15, 0.2) is 11.6 Å². The van der Waals surface area contributed by atoms with E-state index in [0.717, 1.165) is 49.5 Å². The molecule has 0 aliphatic carbocycles. The fraction of sp³-hybridized carbons (Fsp3) is 0.389. The molecule has 5 nitrogen and oxygen atoms in total. The lowest BCUT2D eigenvalue weighted by Gasteiger charge is -2.30. The van der Waals surface area contributed by atoms with E-state index in [1.165, 1.54) is 0 Å². The maximum atomic E-state index is 13.0. The zero-order valence-corrected chi connectivity index (χ0v) is 13.9. The number of nitrogens with one attached hydrogen (secondary N) is 1. The van der Waals surface area contributed by atoms with Crippen LogP contribution in [0.5, 0.6) is 0 Å². The van der Waals surface area contributed by atoms with Crippen LogP contribution < -0.4 is 5.32 Å². The van der Waals surface area contributed by atoms with Gasteiger partial charge in [-0.2, -0.15) is 0 Å². The number of carbonyl (C=O) groups excluding carboxylic acids is 1. The Labute approximate surface area is 140 Å². The van der Waals surface area contributed by atoms with Crippen LogP contribution in [0.4, 0.5) is 14.9 Å². The second kappa shape index (κ2) is 6.95. The van der Waals surface area contributed by atoms with Crippen LogP contribution in [0.15, 0.2) is 30.6 Å². The first-order valence-corrected chi connectivity index (χ1v) is 8.17. The minimum atomic E-state index is -0.472. The molecule has 1 aliphatic rings. The minimum Gasteiger partial charge on any atom is -0.325 e. The molecule has 0 saturated carbocycles.